The number of ether oxygens (including phenoxy) is 2. The van der Waals surface area contributed by atoms with Gasteiger partial charge in [0.1, 0.15) is 0 Å². The molecule has 1 saturated heterocycles. The largest absolute Gasteiger partial charge is 0.481 e. The van der Waals surface area contributed by atoms with E-state index in [1.54, 1.807) is 31.5 Å². The number of nitrogens with one attached hydrogen (secondary N) is 1. The van der Waals surface area contributed by atoms with Gasteiger partial charge in [-0.25, -0.2) is 15.0 Å². The van der Waals surface area contributed by atoms with Crippen molar-refractivity contribution in [1.82, 2.24) is 25.2 Å². The minimum absolute atomic E-state index is 0.00561. The second-order valence-corrected chi connectivity index (χ2v) is 10.1. The van der Waals surface area contributed by atoms with E-state index in [0.717, 1.165) is 5.39 Å². The molecule has 2 aliphatic rings. The Morgan fingerprint density at radius 3 is 2.66 bits per heavy atom. The van der Waals surface area contributed by atoms with Crippen LogP contribution in [0.1, 0.15) is 43.5 Å². The third-order valence-electron chi connectivity index (χ3n) is 7.35. The van der Waals surface area contributed by atoms with Gasteiger partial charge in [-0.05, 0) is 49.6 Å². The number of pyridine rings is 3. The standard InChI is InChI=1S/C28H31N5O5/c1-3-38-25(35)12-22(19-7-9-23(37-2)30-15-19)32-27(36)20-13-28(14-20)16-33(17-28)24(34)11-21-8-6-18-5-4-10-29-26(18)31-21/h4-10,15,20,22H,3,11-14,16-17H2,1-2H3,(H,32,36)/t22-/m0/s1. The average molecular weight is 518 g/mol. The van der Waals surface area contributed by atoms with Gasteiger partial charge in [0, 0.05) is 48.3 Å². The van der Waals surface area contributed by atoms with Gasteiger partial charge in [-0.1, -0.05) is 6.07 Å². The summed E-state index contributed by atoms with van der Waals surface area (Å²) in [6, 6.07) is 10.5. The molecule has 3 aromatic heterocycles. The van der Waals surface area contributed by atoms with Crippen LogP contribution in [0.25, 0.3) is 11.0 Å². The maximum atomic E-state index is 13.1. The first-order chi connectivity index (χ1) is 18.4. The number of amides is 2. The minimum Gasteiger partial charge on any atom is -0.481 e. The number of carbonyl (C=O) groups excluding carboxylic acids is 3. The lowest BCUT2D eigenvalue weighted by Gasteiger charge is -2.58. The zero-order valence-corrected chi connectivity index (χ0v) is 21.6. The van der Waals surface area contributed by atoms with Crippen molar-refractivity contribution in [3.63, 3.8) is 0 Å². The molecule has 2 amide bonds. The topological polar surface area (TPSA) is 124 Å². The Bertz CT molecular complexity index is 1330. The van der Waals surface area contributed by atoms with Crippen LogP contribution < -0.4 is 10.1 Å². The molecule has 0 unspecified atom stereocenters. The quantitative estimate of drug-likeness (QED) is 0.430. The summed E-state index contributed by atoms with van der Waals surface area (Å²) in [6.45, 7) is 3.32. The van der Waals surface area contributed by atoms with Gasteiger partial charge in [-0.15, -0.1) is 0 Å². The number of fused-ring (bicyclic) bond motifs is 1. The third-order valence-corrected chi connectivity index (χ3v) is 7.35. The van der Waals surface area contributed by atoms with Crippen molar-refractivity contribution in [1.29, 1.82) is 0 Å². The number of carbonyl (C=O) groups is 3. The van der Waals surface area contributed by atoms with Gasteiger partial charge in [0.05, 0.1) is 38.3 Å². The van der Waals surface area contributed by atoms with Gasteiger partial charge in [-0.2, -0.15) is 0 Å². The molecule has 0 radical (unpaired) electrons. The van der Waals surface area contributed by atoms with E-state index in [1.807, 2.05) is 29.2 Å². The Hall–Kier alpha value is -4.08. The summed E-state index contributed by atoms with van der Waals surface area (Å²) < 4.78 is 10.2. The number of methoxy groups -OCH3 is 1. The fourth-order valence-electron chi connectivity index (χ4n) is 5.37. The Morgan fingerprint density at radius 2 is 1.95 bits per heavy atom. The number of aromatic nitrogens is 3. The van der Waals surface area contributed by atoms with Gasteiger partial charge in [0.2, 0.25) is 17.7 Å². The number of nitrogens with zero attached hydrogens (tertiary/aromatic N) is 4. The predicted octanol–water partition coefficient (Wildman–Crippen LogP) is 2.63. The molecule has 1 atom stereocenters. The van der Waals surface area contributed by atoms with E-state index in [9.17, 15) is 14.4 Å². The van der Waals surface area contributed by atoms with E-state index in [0.29, 0.717) is 48.7 Å². The van der Waals surface area contributed by atoms with Gasteiger partial charge in [0.15, 0.2) is 5.65 Å². The molecule has 10 nitrogen and oxygen atoms in total. The van der Waals surface area contributed by atoms with E-state index >= 15 is 0 Å². The fourth-order valence-corrected chi connectivity index (χ4v) is 5.37. The summed E-state index contributed by atoms with van der Waals surface area (Å²) >= 11 is 0. The van der Waals surface area contributed by atoms with Crippen LogP contribution in [0.3, 0.4) is 0 Å². The van der Waals surface area contributed by atoms with Gasteiger partial charge < -0.3 is 19.7 Å². The second-order valence-electron chi connectivity index (χ2n) is 10.1. The molecule has 0 bridgehead atoms. The number of hydrogen-bond donors (Lipinski definition) is 1. The smallest absolute Gasteiger partial charge is 0.308 e. The van der Waals surface area contributed by atoms with Crippen LogP contribution in [-0.2, 0) is 25.5 Å². The second kappa shape index (κ2) is 10.7. The van der Waals surface area contributed by atoms with Crippen molar-refractivity contribution in [2.45, 2.75) is 38.6 Å². The van der Waals surface area contributed by atoms with Gasteiger partial charge >= 0.3 is 5.97 Å². The SMILES string of the molecule is CCOC(=O)C[C@H](NC(=O)C1CC2(C1)CN(C(=O)Cc1ccc3cccnc3n1)C2)c1ccc(OC)nc1. The molecule has 1 aliphatic heterocycles. The lowest BCUT2D eigenvalue weighted by molar-refractivity contribution is -0.159. The molecule has 2 fully saturated rings. The average Bonchev–Trinajstić information content (AvgIpc) is 2.87. The molecule has 1 saturated carbocycles. The summed E-state index contributed by atoms with van der Waals surface area (Å²) in [5.41, 5.74) is 2.04. The normalized spacial score (nSPS) is 16.8. The summed E-state index contributed by atoms with van der Waals surface area (Å²) in [5, 5.41) is 3.96. The van der Waals surface area contributed by atoms with Gasteiger partial charge in [-0.3, -0.25) is 14.4 Å². The van der Waals surface area contributed by atoms with E-state index in [4.69, 9.17) is 9.47 Å². The van der Waals surface area contributed by atoms with Crippen molar-refractivity contribution in [2.24, 2.45) is 11.3 Å². The fraction of sp³-hybridized carbons (Fsp3) is 0.429. The van der Waals surface area contributed by atoms with Crippen molar-refractivity contribution in [3.05, 3.63) is 60.0 Å². The molecule has 5 rings (SSSR count). The molecule has 10 heteroatoms. The predicted molar refractivity (Wildman–Crippen MR) is 138 cm³/mol. The highest BCUT2D eigenvalue weighted by atomic mass is 16.5. The zero-order valence-electron chi connectivity index (χ0n) is 21.6. The first kappa shape index (κ1) is 25.6. The van der Waals surface area contributed by atoms with Crippen LogP contribution in [0.15, 0.2) is 48.8 Å². The maximum absolute atomic E-state index is 13.1. The van der Waals surface area contributed by atoms with Crippen molar-refractivity contribution in [2.75, 3.05) is 26.8 Å². The molecule has 3 aromatic rings. The Kier molecular flexibility index (Phi) is 7.22. The molecule has 1 spiro atoms. The molecule has 0 aromatic carbocycles. The van der Waals surface area contributed by atoms with Crippen molar-refractivity contribution < 1.29 is 23.9 Å². The van der Waals surface area contributed by atoms with Crippen molar-refractivity contribution in [3.8, 4) is 5.88 Å². The molecule has 198 valence electrons. The van der Waals surface area contributed by atoms with Crippen LogP contribution in [-0.4, -0.2) is 64.4 Å². The number of rotatable bonds is 9. The minimum atomic E-state index is -0.542. The number of likely N-dealkylation sites (tertiary alicyclic amines) is 1. The number of hydrogen-bond acceptors (Lipinski definition) is 8. The third kappa shape index (κ3) is 5.44. The lowest BCUT2D eigenvalue weighted by atomic mass is 9.57. The summed E-state index contributed by atoms with van der Waals surface area (Å²) in [5.74, 6) is -0.154. The first-order valence-corrected chi connectivity index (χ1v) is 12.8. The van der Waals surface area contributed by atoms with Crippen LogP contribution >= 0.6 is 0 Å². The first-order valence-electron chi connectivity index (χ1n) is 12.8. The molecule has 1 aliphatic carbocycles. The molecule has 1 N–H and O–H groups in total. The van der Waals surface area contributed by atoms with Crippen molar-refractivity contribution >= 4 is 28.8 Å². The van der Waals surface area contributed by atoms with Gasteiger partial charge in [0.25, 0.3) is 0 Å². The highest BCUT2D eigenvalue weighted by molar-refractivity contribution is 5.83. The van der Waals surface area contributed by atoms with Crippen LogP contribution in [0.2, 0.25) is 0 Å². The Labute approximate surface area is 220 Å². The molecule has 38 heavy (non-hydrogen) atoms. The lowest BCUT2D eigenvalue weighted by Crippen LogP contribution is -2.65. The number of esters is 1. The van der Waals surface area contributed by atoms with E-state index in [-0.39, 0.29) is 48.6 Å². The highest BCUT2D eigenvalue weighted by Gasteiger charge is 2.55. The van der Waals surface area contributed by atoms with E-state index < -0.39 is 6.04 Å². The van der Waals surface area contributed by atoms with Crippen LogP contribution in [0.4, 0.5) is 0 Å². The van der Waals surface area contributed by atoms with E-state index in [2.05, 4.69) is 20.3 Å². The monoisotopic (exact) mass is 517 g/mol. The maximum Gasteiger partial charge on any atom is 0.308 e. The molecule has 4 heterocycles. The Balaban J connectivity index is 1.13. The summed E-state index contributed by atoms with van der Waals surface area (Å²) in [6.07, 6.45) is 4.98. The van der Waals surface area contributed by atoms with Crippen LogP contribution in [0, 0.1) is 11.3 Å². The van der Waals surface area contributed by atoms with Crippen LogP contribution in [0.5, 0.6) is 5.88 Å². The summed E-state index contributed by atoms with van der Waals surface area (Å²) in [7, 11) is 1.53. The van der Waals surface area contributed by atoms with E-state index in [1.165, 1.54) is 7.11 Å². The molecular weight excluding hydrogens is 486 g/mol. The summed E-state index contributed by atoms with van der Waals surface area (Å²) in [4.78, 5) is 52.8. The highest BCUT2D eigenvalue weighted by Crippen LogP contribution is 2.52. The molecular formula is C28H31N5O5. The Morgan fingerprint density at radius 1 is 1.13 bits per heavy atom. The zero-order chi connectivity index (χ0) is 26.7.